The van der Waals surface area contributed by atoms with E-state index in [0.29, 0.717) is 11.8 Å². The highest BCUT2D eigenvalue weighted by Crippen LogP contribution is 2.30. The highest BCUT2D eigenvalue weighted by Gasteiger charge is 2.29. The average Bonchev–Trinajstić information content (AvgIpc) is 3.10. The minimum absolute atomic E-state index is 0.590. The summed E-state index contributed by atoms with van der Waals surface area (Å²) in [7, 11) is 0. The molecular formula is C16H22N4. The molecule has 106 valence electrons. The molecule has 0 spiro atoms. The summed E-state index contributed by atoms with van der Waals surface area (Å²) in [4.78, 5) is 0. The Labute approximate surface area is 120 Å². The zero-order chi connectivity index (χ0) is 13.8. The van der Waals surface area contributed by atoms with Gasteiger partial charge >= 0.3 is 0 Å². The number of rotatable bonds is 5. The standard InChI is InChI=1S/C16H22N4/c1-2-8-20-12-15(18-19-20)9-14-10-17-11-16(14)13-6-4-3-5-7-13/h3-7,12,14,16-17H,2,8-11H2,1H3. The van der Waals surface area contributed by atoms with Gasteiger partial charge in [0.1, 0.15) is 0 Å². The highest BCUT2D eigenvalue weighted by atomic mass is 15.4. The first-order chi connectivity index (χ1) is 9.86. The summed E-state index contributed by atoms with van der Waals surface area (Å²) in [6, 6.07) is 10.8. The van der Waals surface area contributed by atoms with Gasteiger partial charge in [-0.25, -0.2) is 0 Å². The fourth-order valence-corrected chi connectivity index (χ4v) is 3.08. The summed E-state index contributed by atoms with van der Waals surface area (Å²) in [5.41, 5.74) is 2.55. The van der Waals surface area contributed by atoms with Crippen molar-refractivity contribution in [2.45, 2.75) is 32.2 Å². The Balaban J connectivity index is 1.69. The van der Waals surface area contributed by atoms with E-state index in [2.05, 4.69) is 59.1 Å². The molecule has 0 saturated carbocycles. The summed E-state index contributed by atoms with van der Waals surface area (Å²) in [6.45, 7) is 5.25. The molecule has 1 N–H and O–H groups in total. The van der Waals surface area contributed by atoms with Gasteiger partial charge in [-0.2, -0.15) is 0 Å². The number of hydrogen-bond acceptors (Lipinski definition) is 3. The first-order valence-electron chi connectivity index (χ1n) is 7.51. The van der Waals surface area contributed by atoms with Crippen LogP contribution in [-0.4, -0.2) is 28.1 Å². The SMILES string of the molecule is CCCn1cc(CC2CNCC2c2ccccc2)nn1. The quantitative estimate of drug-likeness (QED) is 0.906. The number of nitrogens with one attached hydrogen (secondary N) is 1. The molecule has 1 aromatic heterocycles. The van der Waals surface area contributed by atoms with E-state index in [1.54, 1.807) is 0 Å². The van der Waals surface area contributed by atoms with Crippen LogP contribution in [0.3, 0.4) is 0 Å². The second-order valence-electron chi connectivity index (χ2n) is 5.61. The summed E-state index contributed by atoms with van der Waals surface area (Å²) >= 11 is 0. The van der Waals surface area contributed by atoms with Gasteiger partial charge in [0.15, 0.2) is 0 Å². The molecule has 2 heterocycles. The molecule has 3 rings (SSSR count). The molecule has 4 nitrogen and oxygen atoms in total. The summed E-state index contributed by atoms with van der Waals surface area (Å²) in [6.07, 6.45) is 4.21. The topological polar surface area (TPSA) is 42.7 Å². The van der Waals surface area contributed by atoms with Crippen LogP contribution in [0.4, 0.5) is 0 Å². The molecule has 1 fully saturated rings. The highest BCUT2D eigenvalue weighted by molar-refractivity contribution is 5.22. The molecule has 4 heteroatoms. The summed E-state index contributed by atoms with van der Waals surface area (Å²) in [5.74, 6) is 1.21. The van der Waals surface area contributed by atoms with Gasteiger partial charge < -0.3 is 5.32 Å². The molecule has 0 aliphatic carbocycles. The zero-order valence-corrected chi connectivity index (χ0v) is 12.0. The molecule has 2 atom stereocenters. The number of benzene rings is 1. The molecule has 2 unspecified atom stereocenters. The Kier molecular flexibility index (Phi) is 4.11. The van der Waals surface area contributed by atoms with Crippen molar-refractivity contribution < 1.29 is 0 Å². The van der Waals surface area contributed by atoms with Crippen LogP contribution in [0.2, 0.25) is 0 Å². The van der Waals surface area contributed by atoms with E-state index in [9.17, 15) is 0 Å². The van der Waals surface area contributed by atoms with Crippen LogP contribution >= 0.6 is 0 Å². The van der Waals surface area contributed by atoms with Crippen LogP contribution in [0, 0.1) is 5.92 Å². The third kappa shape index (κ3) is 2.90. The smallest absolute Gasteiger partial charge is 0.0830 e. The van der Waals surface area contributed by atoms with Crippen molar-refractivity contribution in [3.05, 3.63) is 47.8 Å². The molecule has 1 aliphatic heterocycles. The predicted octanol–water partition coefficient (Wildman–Crippen LogP) is 2.23. The van der Waals surface area contributed by atoms with Gasteiger partial charge in [0.05, 0.1) is 5.69 Å². The molecule has 0 radical (unpaired) electrons. The lowest BCUT2D eigenvalue weighted by atomic mass is 9.86. The van der Waals surface area contributed by atoms with Crippen LogP contribution in [0.5, 0.6) is 0 Å². The second kappa shape index (κ2) is 6.18. The Morgan fingerprint density at radius 3 is 2.90 bits per heavy atom. The van der Waals surface area contributed by atoms with E-state index in [-0.39, 0.29) is 0 Å². The predicted molar refractivity (Wildman–Crippen MR) is 79.6 cm³/mol. The van der Waals surface area contributed by atoms with Crippen molar-refractivity contribution in [2.75, 3.05) is 13.1 Å². The lowest BCUT2D eigenvalue weighted by Crippen LogP contribution is -2.14. The maximum atomic E-state index is 4.31. The third-order valence-corrected chi connectivity index (χ3v) is 4.08. The van der Waals surface area contributed by atoms with E-state index in [1.165, 1.54) is 5.56 Å². The second-order valence-corrected chi connectivity index (χ2v) is 5.61. The van der Waals surface area contributed by atoms with Crippen molar-refractivity contribution in [1.29, 1.82) is 0 Å². The maximum Gasteiger partial charge on any atom is 0.0830 e. The van der Waals surface area contributed by atoms with Gasteiger partial charge in [-0.15, -0.1) is 5.10 Å². The number of aryl methyl sites for hydroxylation is 1. The molecule has 2 aromatic rings. The van der Waals surface area contributed by atoms with E-state index >= 15 is 0 Å². The van der Waals surface area contributed by atoms with Gasteiger partial charge in [-0.05, 0) is 30.9 Å². The van der Waals surface area contributed by atoms with Gasteiger partial charge in [-0.3, -0.25) is 4.68 Å². The van der Waals surface area contributed by atoms with E-state index in [1.807, 2.05) is 4.68 Å². The first kappa shape index (κ1) is 13.3. The molecule has 1 aliphatic rings. The monoisotopic (exact) mass is 270 g/mol. The number of hydrogen-bond donors (Lipinski definition) is 1. The Morgan fingerprint density at radius 1 is 1.25 bits per heavy atom. The largest absolute Gasteiger partial charge is 0.316 e. The van der Waals surface area contributed by atoms with Crippen LogP contribution in [0.15, 0.2) is 36.5 Å². The van der Waals surface area contributed by atoms with Crippen molar-refractivity contribution >= 4 is 0 Å². The van der Waals surface area contributed by atoms with Gasteiger partial charge in [0, 0.05) is 25.2 Å². The van der Waals surface area contributed by atoms with E-state index in [0.717, 1.165) is 38.2 Å². The molecule has 20 heavy (non-hydrogen) atoms. The Bertz CT molecular complexity index is 534. The lowest BCUT2D eigenvalue weighted by molar-refractivity contribution is 0.510. The van der Waals surface area contributed by atoms with Crippen LogP contribution in [0.1, 0.15) is 30.5 Å². The van der Waals surface area contributed by atoms with Gasteiger partial charge in [0.25, 0.3) is 0 Å². The third-order valence-electron chi connectivity index (χ3n) is 4.08. The first-order valence-corrected chi connectivity index (χ1v) is 7.51. The molecule has 0 bridgehead atoms. The van der Waals surface area contributed by atoms with Crippen molar-refractivity contribution in [3.63, 3.8) is 0 Å². The average molecular weight is 270 g/mol. The van der Waals surface area contributed by atoms with Gasteiger partial charge in [-0.1, -0.05) is 42.5 Å². The number of nitrogens with zero attached hydrogens (tertiary/aromatic N) is 3. The van der Waals surface area contributed by atoms with E-state index in [4.69, 9.17) is 0 Å². The molecule has 1 saturated heterocycles. The zero-order valence-electron chi connectivity index (χ0n) is 12.0. The lowest BCUT2D eigenvalue weighted by Gasteiger charge is -2.17. The van der Waals surface area contributed by atoms with Crippen molar-refractivity contribution in [3.8, 4) is 0 Å². The molecular weight excluding hydrogens is 248 g/mol. The Hall–Kier alpha value is -1.68. The normalized spacial score (nSPS) is 22.2. The van der Waals surface area contributed by atoms with Crippen LogP contribution in [0.25, 0.3) is 0 Å². The van der Waals surface area contributed by atoms with Crippen LogP contribution < -0.4 is 5.32 Å². The van der Waals surface area contributed by atoms with Crippen LogP contribution in [-0.2, 0) is 13.0 Å². The fraction of sp³-hybridized carbons (Fsp3) is 0.500. The van der Waals surface area contributed by atoms with E-state index < -0.39 is 0 Å². The summed E-state index contributed by atoms with van der Waals surface area (Å²) < 4.78 is 1.95. The minimum Gasteiger partial charge on any atom is -0.316 e. The van der Waals surface area contributed by atoms with Crippen molar-refractivity contribution in [2.24, 2.45) is 5.92 Å². The number of aromatic nitrogens is 3. The molecule has 0 amide bonds. The summed E-state index contributed by atoms with van der Waals surface area (Å²) in [5, 5.41) is 12.0. The van der Waals surface area contributed by atoms with Gasteiger partial charge in [0.2, 0.25) is 0 Å². The van der Waals surface area contributed by atoms with Crippen molar-refractivity contribution in [1.82, 2.24) is 20.3 Å². The Morgan fingerprint density at radius 2 is 2.10 bits per heavy atom. The minimum atomic E-state index is 0.590. The fourth-order valence-electron chi connectivity index (χ4n) is 3.08. The molecule has 1 aromatic carbocycles. The maximum absolute atomic E-state index is 4.31.